The summed E-state index contributed by atoms with van der Waals surface area (Å²) in [7, 11) is 0. The molecule has 2 N–H and O–H groups in total. The summed E-state index contributed by atoms with van der Waals surface area (Å²) in [6.07, 6.45) is 1.58. The molecule has 0 bridgehead atoms. The Balaban J connectivity index is 2.30. The average molecular weight is 236 g/mol. The SMILES string of the molecule is NCc1ccc(Cl)cc1Oc1cccnn1. The molecule has 0 fully saturated rings. The molecular formula is C11H10ClN3O. The Bertz CT molecular complexity index is 476. The molecule has 0 saturated heterocycles. The molecule has 1 aromatic heterocycles. The van der Waals surface area contributed by atoms with Crippen molar-refractivity contribution in [2.24, 2.45) is 5.73 Å². The summed E-state index contributed by atoms with van der Waals surface area (Å²) in [4.78, 5) is 0. The average Bonchev–Trinajstić information content (AvgIpc) is 2.31. The van der Waals surface area contributed by atoms with E-state index in [0.717, 1.165) is 5.56 Å². The molecule has 1 heterocycles. The lowest BCUT2D eigenvalue weighted by molar-refractivity contribution is 0.450. The third-order valence-electron chi connectivity index (χ3n) is 2.01. The second kappa shape index (κ2) is 4.92. The van der Waals surface area contributed by atoms with Crippen molar-refractivity contribution in [2.45, 2.75) is 6.54 Å². The maximum Gasteiger partial charge on any atom is 0.238 e. The Morgan fingerprint density at radius 3 is 2.88 bits per heavy atom. The van der Waals surface area contributed by atoms with Crippen LogP contribution in [0.5, 0.6) is 11.6 Å². The van der Waals surface area contributed by atoms with Gasteiger partial charge in [0.1, 0.15) is 5.75 Å². The number of nitrogens with two attached hydrogens (primary N) is 1. The summed E-state index contributed by atoms with van der Waals surface area (Å²) >= 11 is 5.88. The lowest BCUT2D eigenvalue weighted by Gasteiger charge is -2.08. The summed E-state index contributed by atoms with van der Waals surface area (Å²) in [6, 6.07) is 8.77. The molecule has 0 amide bonds. The van der Waals surface area contributed by atoms with Crippen LogP contribution >= 0.6 is 11.6 Å². The highest BCUT2D eigenvalue weighted by molar-refractivity contribution is 6.30. The Kier molecular flexibility index (Phi) is 3.34. The van der Waals surface area contributed by atoms with Crippen LogP contribution in [0.25, 0.3) is 0 Å². The topological polar surface area (TPSA) is 61.0 Å². The first kappa shape index (κ1) is 10.9. The lowest BCUT2D eigenvalue weighted by Crippen LogP contribution is -2.00. The fraction of sp³-hybridized carbons (Fsp3) is 0.0909. The third-order valence-corrected chi connectivity index (χ3v) is 2.25. The summed E-state index contributed by atoms with van der Waals surface area (Å²) in [5.74, 6) is 1.02. The van der Waals surface area contributed by atoms with E-state index >= 15 is 0 Å². The van der Waals surface area contributed by atoms with Gasteiger partial charge in [-0.1, -0.05) is 17.7 Å². The lowest BCUT2D eigenvalue weighted by atomic mass is 10.2. The molecule has 2 aromatic rings. The summed E-state index contributed by atoms with van der Waals surface area (Å²) in [6.45, 7) is 0.382. The van der Waals surface area contributed by atoms with Gasteiger partial charge in [0.05, 0.1) is 0 Å². The van der Waals surface area contributed by atoms with Crippen LogP contribution in [0.3, 0.4) is 0 Å². The van der Waals surface area contributed by atoms with Gasteiger partial charge < -0.3 is 10.5 Å². The second-order valence-corrected chi connectivity index (χ2v) is 3.56. The van der Waals surface area contributed by atoms with Gasteiger partial charge in [-0.15, -0.1) is 5.10 Å². The van der Waals surface area contributed by atoms with Crippen LogP contribution in [0.15, 0.2) is 36.5 Å². The molecule has 0 saturated carbocycles. The van der Waals surface area contributed by atoms with Gasteiger partial charge in [0, 0.05) is 29.4 Å². The molecule has 0 spiro atoms. The number of aromatic nitrogens is 2. The van der Waals surface area contributed by atoms with Crippen molar-refractivity contribution >= 4 is 11.6 Å². The van der Waals surface area contributed by atoms with Gasteiger partial charge in [0.25, 0.3) is 0 Å². The first-order valence-corrected chi connectivity index (χ1v) is 5.11. The molecular weight excluding hydrogens is 226 g/mol. The maximum atomic E-state index is 5.88. The highest BCUT2D eigenvalue weighted by atomic mass is 35.5. The first-order valence-electron chi connectivity index (χ1n) is 4.73. The van der Waals surface area contributed by atoms with E-state index in [0.29, 0.717) is 23.2 Å². The van der Waals surface area contributed by atoms with Crippen LogP contribution in [0.1, 0.15) is 5.56 Å². The molecule has 0 aliphatic carbocycles. The quantitative estimate of drug-likeness (QED) is 0.887. The van der Waals surface area contributed by atoms with E-state index in [1.165, 1.54) is 0 Å². The zero-order valence-electron chi connectivity index (χ0n) is 8.43. The van der Waals surface area contributed by atoms with Crippen LogP contribution in [-0.2, 0) is 6.54 Å². The smallest absolute Gasteiger partial charge is 0.238 e. The van der Waals surface area contributed by atoms with E-state index in [9.17, 15) is 0 Å². The van der Waals surface area contributed by atoms with E-state index in [2.05, 4.69) is 10.2 Å². The number of nitrogens with zero attached hydrogens (tertiary/aromatic N) is 2. The van der Waals surface area contributed by atoms with Gasteiger partial charge in [0.2, 0.25) is 5.88 Å². The molecule has 16 heavy (non-hydrogen) atoms. The van der Waals surface area contributed by atoms with Gasteiger partial charge in [0.15, 0.2) is 0 Å². The van der Waals surface area contributed by atoms with Gasteiger partial charge in [-0.3, -0.25) is 0 Å². The Hall–Kier alpha value is -1.65. The largest absolute Gasteiger partial charge is 0.437 e. The minimum atomic E-state index is 0.382. The van der Waals surface area contributed by atoms with Crippen molar-refractivity contribution in [1.82, 2.24) is 10.2 Å². The molecule has 82 valence electrons. The first-order chi connectivity index (χ1) is 7.79. The number of hydrogen-bond acceptors (Lipinski definition) is 4. The molecule has 2 rings (SSSR count). The van der Waals surface area contributed by atoms with Gasteiger partial charge >= 0.3 is 0 Å². The molecule has 5 heteroatoms. The van der Waals surface area contributed by atoms with Crippen molar-refractivity contribution in [3.63, 3.8) is 0 Å². The Morgan fingerprint density at radius 1 is 1.31 bits per heavy atom. The third kappa shape index (κ3) is 2.48. The molecule has 0 aliphatic rings. The number of rotatable bonds is 3. The number of halogens is 1. The van der Waals surface area contributed by atoms with Crippen LogP contribution < -0.4 is 10.5 Å². The number of hydrogen-bond donors (Lipinski definition) is 1. The van der Waals surface area contributed by atoms with Crippen molar-refractivity contribution in [1.29, 1.82) is 0 Å². The Morgan fingerprint density at radius 2 is 2.19 bits per heavy atom. The zero-order valence-corrected chi connectivity index (χ0v) is 9.19. The van der Waals surface area contributed by atoms with Gasteiger partial charge in [-0.2, -0.15) is 5.10 Å². The normalized spacial score (nSPS) is 10.1. The minimum absolute atomic E-state index is 0.382. The molecule has 0 atom stereocenters. The monoisotopic (exact) mass is 235 g/mol. The fourth-order valence-corrected chi connectivity index (χ4v) is 1.41. The summed E-state index contributed by atoms with van der Waals surface area (Å²) in [5, 5.41) is 8.14. The van der Waals surface area contributed by atoms with Crippen LogP contribution in [0.4, 0.5) is 0 Å². The predicted octanol–water partition coefficient (Wildman–Crippen LogP) is 2.38. The van der Waals surface area contributed by atoms with Crippen LogP contribution in [0.2, 0.25) is 5.02 Å². The van der Waals surface area contributed by atoms with Crippen molar-refractivity contribution in [3.8, 4) is 11.6 Å². The second-order valence-electron chi connectivity index (χ2n) is 3.12. The van der Waals surface area contributed by atoms with Crippen molar-refractivity contribution < 1.29 is 4.74 Å². The van der Waals surface area contributed by atoms with E-state index in [1.807, 2.05) is 6.07 Å². The minimum Gasteiger partial charge on any atom is -0.437 e. The highest BCUT2D eigenvalue weighted by Crippen LogP contribution is 2.26. The maximum absolute atomic E-state index is 5.88. The van der Waals surface area contributed by atoms with Crippen LogP contribution in [-0.4, -0.2) is 10.2 Å². The van der Waals surface area contributed by atoms with Crippen LogP contribution in [0, 0.1) is 0 Å². The summed E-state index contributed by atoms with van der Waals surface area (Å²) in [5.41, 5.74) is 6.47. The number of ether oxygens (including phenoxy) is 1. The van der Waals surface area contributed by atoms with E-state index < -0.39 is 0 Å². The standard InChI is InChI=1S/C11H10ClN3O/c12-9-4-3-8(7-13)10(6-9)16-11-2-1-5-14-15-11/h1-6H,7,13H2. The molecule has 4 nitrogen and oxygen atoms in total. The molecule has 1 aromatic carbocycles. The number of benzene rings is 1. The molecule has 0 radical (unpaired) electrons. The van der Waals surface area contributed by atoms with E-state index in [4.69, 9.17) is 22.1 Å². The Labute approximate surface area is 98.0 Å². The van der Waals surface area contributed by atoms with Crippen molar-refractivity contribution in [3.05, 3.63) is 47.1 Å². The molecule has 0 aliphatic heterocycles. The fourth-order valence-electron chi connectivity index (χ4n) is 1.25. The van der Waals surface area contributed by atoms with Gasteiger partial charge in [-0.05, 0) is 18.2 Å². The predicted molar refractivity (Wildman–Crippen MR) is 61.4 cm³/mol. The van der Waals surface area contributed by atoms with E-state index in [-0.39, 0.29) is 0 Å². The van der Waals surface area contributed by atoms with E-state index in [1.54, 1.807) is 30.5 Å². The van der Waals surface area contributed by atoms with Crippen molar-refractivity contribution in [2.75, 3.05) is 0 Å². The zero-order chi connectivity index (χ0) is 11.4. The molecule has 0 unspecified atom stereocenters. The summed E-state index contributed by atoms with van der Waals surface area (Å²) < 4.78 is 5.54. The highest BCUT2D eigenvalue weighted by Gasteiger charge is 2.05. The van der Waals surface area contributed by atoms with Gasteiger partial charge in [-0.25, -0.2) is 0 Å².